The molecular formula is C63H89LiN10O11. The van der Waals surface area contributed by atoms with Crippen LogP contribution in [0.1, 0.15) is 123 Å². The van der Waals surface area contributed by atoms with Crippen molar-refractivity contribution < 1.29 is 72.8 Å². The van der Waals surface area contributed by atoms with Gasteiger partial charge in [0.05, 0.1) is 109 Å². The van der Waals surface area contributed by atoms with E-state index in [-0.39, 0.29) is 113 Å². The third-order valence-electron chi connectivity index (χ3n) is 14.9. The minimum atomic E-state index is -0.986. The average Bonchev–Trinajstić information content (AvgIpc) is 1.92. The molecule has 0 amide bonds. The Kier molecular flexibility index (Phi) is 31.3. The normalized spacial score (nSPS) is 18.8. The molecule has 85 heavy (non-hydrogen) atoms. The molecule has 3 aliphatic rings. The second kappa shape index (κ2) is 36.0. The number of piperidine rings is 3. The molecule has 0 bridgehead atoms. The summed E-state index contributed by atoms with van der Waals surface area (Å²) in [5.41, 5.74) is 15.1. The monoisotopic (exact) mass is 1170 g/mol. The Morgan fingerprint density at radius 1 is 0.506 bits per heavy atom. The molecule has 0 saturated carbocycles. The van der Waals surface area contributed by atoms with Crippen molar-refractivity contribution in [3.63, 3.8) is 0 Å². The summed E-state index contributed by atoms with van der Waals surface area (Å²) < 4.78 is 8.82. The van der Waals surface area contributed by atoms with Gasteiger partial charge in [-0.25, -0.2) is 0 Å². The molecule has 9 rings (SSSR count). The molecule has 3 aliphatic heterocycles. The zero-order valence-corrected chi connectivity index (χ0v) is 49.6. The third kappa shape index (κ3) is 22.0. The summed E-state index contributed by atoms with van der Waals surface area (Å²) in [6.45, 7) is 18.0. The van der Waals surface area contributed by atoms with Crippen LogP contribution in [0.2, 0.25) is 0 Å². The number of hydrogen-bond donors (Lipinski definition) is 3. The molecule has 6 aromatic rings. The van der Waals surface area contributed by atoms with E-state index in [0.717, 1.165) is 120 Å². The molecule has 5 N–H and O–H groups in total. The van der Waals surface area contributed by atoms with Crippen molar-refractivity contribution in [2.75, 3.05) is 68.2 Å². The van der Waals surface area contributed by atoms with Crippen molar-refractivity contribution in [2.45, 2.75) is 133 Å². The van der Waals surface area contributed by atoms with Gasteiger partial charge in [-0.3, -0.25) is 58.7 Å². The predicted octanol–water partition coefficient (Wildman–Crippen LogP) is 6.77. The summed E-state index contributed by atoms with van der Waals surface area (Å²) in [4.78, 5) is 100. The maximum atomic E-state index is 12.3. The van der Waals surface area contributed by atoms with E-state index in [1.165, 1.54) is 19.6 Å². The van der Waals surface area contributed by atoms with Crippen LogP contribution in [0.25, 0.3) is 32.7 Å². The molecule has 0 unspecified atom stereocenters. The van der Waals surface area contributed by atoms with E-state index in [1.807, 2.05) is 63.8 Å². The van der Waals surface area contributed by atoms with Gasteiger partial charge in [-0.15, -0.1) is 0 Å². The zero-order valence-electron chi connectivity index (χ0n) is 49.6. The molecule has 22 heteroatoms. The average molecular weight is 1170 g/mol. The summed E-state index contributed by atoms with van der Waals surface area (Å²) in [6.07, 6.45) is 15.5. The number of aryl methyl sites for hydroxylation is 3. The number of nitrogens with zero attached hydrogens (tertiary/aromatic N) is 9. The van der Waals surface area contributed by atoms with Crippen molar-refractivity contribution in [2.24, 2.45) is 35.3 Å². The Hall–Kier alpha value is -7.18. The van der Waals surface area contributed by atoms with Crippen LogP contribution in [-0.2, 0) is 38.2 Å². The molecule has 6 atom stereocenters. The fourth-order valence-corrected chi connectivity index (χ4v) is 11.3. The molecule has 6 aromatic heterocycles. The molecule has 458 valence electrons. The first-order valence-electron chi connectivity index (χ1n) is 27.9. The van der Waals surface area contributed by atoms with Crippen LogP contribution in [0.5, 0.6) is 0 Å². The fourth-order valence-electron chi connectivity index (χ4n) is 11.3. The first kappa shape index (κ1) is 73.9. The van der Waals surface area contributed by atoms with Gasteiger partial charge in [0.25, 0.3) is 0 Å². The van der Waals surface area contributed by atoms with Crippen LogP contribution < -0.4 is 39.3 Å². The number of carbonyl (C=O) groups is 6. The first-order chi connectivity index (χ1) is 38.7. The molecule has 0 radical (unpaired) electrons. The van der Waals surface area contributed by atoms with E-state index in [0.29, 0.717) is 30.6 Å². The number of carbonyl (C=O) groups excluding carboxylic acids is 4. The van der Waals surface area contributed by atoms with Crippen LogP contribution in [0.3, 0.4) is 0 Å². The van der Waals surface area contributed by atoms with Gasteiger partial charge in [0.2, 0.25) is 0 Å². The number of anilines is 3. The molecule has 0 aliphatic carbocycles. The van der Waals surface area contributed by atoms with E-state index < -0.39 is 17.9 Å². The van der Waals surface area contributed by atoms with Gasteiger partial charge in [0.1, 0.15) is 11.6 Å². The number of pyridine rings is 6. The maximum absolute atomic E-state index is 12.3. The van der Waals surface area contributed by atoms with Crippen molar-refractivity contribution in [3.8, 4) is 0 Å². The van der Waals surface area contributed by atoms with Crippen LogP contribution in [0.15, 0.2) is 73.6 Å². The number of fused-ring (bicyclic) bond motifs is 3. The van der Waals surface area contributed by atoms with E-state index in [9.17, 15) is 28.8 Å². The summed E-state index contributed by atoms with van der Waals surface area (Å²) in [5.74, 6) is -0.435. The number of nitrogens with two attached hydrogens (primary N) is 1. The summed E-state index contributed by atoms with van der Waals surface area (Å²) >= 11 is 0. The second-order valence-corrected chi connectivity index (χ2v) is 22.0. The number of esters is 2. The van der Waals surface area contributed by atoms with Crippen molar-refractivity contribution in [1.29, 1.82) is 0 Å². The number of aromatic nitrogens is 6. The Labute approximate surface area is 512 Å². The molecule has 0 aromatic carbocycles. The Bertz CT molecular complexity index is 3140. The first-order valence-corrected chi connectivity index (χ1v) is 27.9. The van der Waals surface area contributed by atoms with Gasteiger partial charge in [0, 0.05) is 106 Å². The Balaban J connectivity index is 0.000000401. The maximum Gasteiger partial charge on any atom is 1.00 e. The minimum Gasteiger partial charge on any atom is -0.870 e. The van der Waals surface area contributed by atoms with Gasteiger partial charge < -0.3 is 45.6 Å². The van der Waals surface area contributed by atoms with Gasteiger partial charge >= 0.3 is 42.7 Å². The largest absolute Gasteiger partial charge is 1.00 e. The Morgan fingerprint density at radius 2 is 0.824 bits per heavy atom. The standard InChI is InChI=1S/C21H27N3O3.C20H25N3O3.C15H20N4.C5H8O4.2CH4.Li.H2O/c1-14-9-16(10-17(25)6-7-20(26)27-3)13-24(12-14)19-11-23-15(2)21-18(19)5-4-8-22-21;1-13-8-15(9-16(24)5-6-19(25)26)12-23(11-13)18-10-22-14(2)20-17(18)4-3-7-21-20;1-10-6-12(16)9-19(8-10)14-7-18-11(2)15-13(14)4-3-5-17-15;1-9-5(8)3-2-4(6)7;;;;/h4-5,8,11,14,16H,6-7,9-10,12-13H2,1-3H3;3-4,7,10,13,15H,5-6,8-9,11-12H2,1-2H3,(H,25,26);3-5,7,10,12H,6,8-9,16H2,1-2H3;2-3H2,1H3,(H,6,7);2*1H4;;1H2/q;;;;;;+1;/p-1/t14-,16-;13-,15-;10-,12+;;;;;/m000...../s1. The predicted molar refractivity (Wildman–Crippen MR) is 327 cm³/mol. The number of aliphatic carboxylic acids is 2. The minimum absolute atomic E-state index is 0. The number of rotatable bonds is 16. The molecule has 21 nitrogen and oxygen atoms in total. The number of ketones is 2. The van der Waals surface area contributed by atoms with E-state index in [1.54, 1.807) is 12.4 Å². The van der Waals surface area contributed by atoms with Crippen molar-refractivity contribution in [3.05, 3.63) is 90.7 Å². The molecular weight excluding hydrogens is 1080 g/mol. The van der Waals surface area contributed by atoms with Crippen molar-refractivity contribution >= 4 is 85.2 Å². The number of hydrogen-bond acceptors (Lipinski definition) is 19. The fraction of sp³-hybridized carbons (Fsp3) is 0.524. The van der Waals surface area contributed by atoms with Crippen molar-refractivity contribution in [1.82, 2.24) is 29.9 Å². The van der Waals surface area contributed by atoms with Gasteiger partial charge in [0.15, 0.2) is 0 Å². The van der Waals surface area contributed by atoms with E-state index in [2.05, 4.69) is 93.0 Å². The number of carboxylic acid groups (broad SMARTS) is 2. The summed E-state index contributed by atoms with van der Waals surface area (Å²) in [7, 11) is 2.58. The van der Waals surface area contributed by atoms with Gasteiger partial charge in [-0.2, -0.15) is 0 Å². The molecule has 3 saturated heterocycles. The zero-order chi connectivity index (χ0) is 58.8. The molecule has 0 spiro atoms. The smallest absolute Gasteiger partial charge is 0.870 e. The molecule has 9 heterocycles. The van der Waals surface area contributed by atoms with Crippen LogP contribution in [0, 0.1) is 50.4 Å². The number of methoxy groups -OCH3 is 2. The van der Waals surface area contributed by atoms with Crippen LogP contribution in [0.4, 0.5) is 17.1 Å². The number of ether oxygens (including phenoxy) is 2. The molecule has 3 fully saturated rings. The van der Waals surface area contributed by atoms with E-state index >= 15 is 0 Å². The SMILES string of the molecule is C.C.COC(=O)CCC(=O)C[C@@H]1C[C@H](C)CN(c2cnc(C)c3ncccc23)C1.COC(=O)CCC(=O)O.Cc1ncc(N2C[C@@H](C)C[C@@H](CC(=O)CCC(=O)O)C2)c2cccnc12.Cc1ncc(N2C[C@@H](C)C[C@@H](N)C2)c2cccnc12.[Li+].[OH-]. The van der Waals surface area contributed by atoms with Crippen LogP contribution >= 0.6 is 0 Å². The quantitative estimate of drug-likeness (QED) is 0.0665. The topological polar surface area (TPSA) is 304 Å². The third-order valence-corrected chi connectivity index (χ3v) is 14.9. The van der Waals surface area contributed by atoms with Crippen LogP contribution in [-0.4, -0.2) is 141 Å². The Morgan fingerprint density at radius 3 is 1.16 bits per heavy atom. The van der Waals surface area contributed by atoms with Gasteiger partial charge in [-0.05, 0) is 106 Å². The second-order valence-electron chi connectivity index (χ2n) is 22.0. The summed E-state index contributed by atoms with van der Waals surface area (Å²) in [6, 6.07) is 12.4. The summed E-state index contributed by atoms with van der Waals surface area (Å²) in [5, 5.41) is 20.2. The number of carboxylic acids is 2. The van der Waals surface area contributed by atoms with Gasteiger partial charge in [-0.1, -0.05) is 35.6 Å². The number of Topliss-reactive ketones (excluding diaryl/α,β-unsaturated/α-hetero) is 2. The van der Waals surface area contributed by atoms with E-state index in [4.69, 9.17) is 15.9 Å².